The Balaban J connectivity index is 1.09. The van der Waals surface area contributed by atoms with Crippen molar-refractivity contribution in [2.24, 2.45) is 0 Å². The molecule has 1 saturated heterocycles. The number of fused-ring (bicyclic) bond motifs is 2. The number of piperazine rings is 1. The molecule has 1 saturated carbocycles. The van der Waals surface area contributed by atoms with Gasteiger partial charge in [0.2, 0.25) is 0 Å². The molecule has 7 rings (SSSR count). The smallest absolute Gasteiger partial charge is 0.164 e. The standard InChI is InChI=1S/C34H41ClN8O/c1-44-20-4-14-40-16-18-41(19-17-40)27-8-10-28(11-9-27)43-34-31(33(36)37-23-38-34)32(39-43)25-7-12-30-24(21-25)13-15-42(30)22-26-5-2-3-6-29(26)35/h2-3,5-7,12-13,15,21,23,27-28H,4,8-11,14,16-20,22H2,1H3,(H2,36,37,38)/t27-,28+. The van der Waals surface area contributed by atoms with Gasteiger partial charge in [-0.1, -0.05) is 35.9 Å². The van der Waals surface area contributed by atoms with E-state index in [-0.39, 0.29) is 0 Å². The SMILES string of the molecule is COCCCN1CCN([C@H]2CC[C@@H](n3nc(-c4ccc5c(ccn5Cc5ccccc5Cl)c4)c4c(N)ncnc43)CC2)CC1. The zero-order valence-corrected chi connectivity index (χ0v) is 26.2. The van der Waals surface area contributed by atoms with Crippen molar-refractivity contribution >= 4 is 39.4 Å². The number of halogens is 1. The first-order valence-electron chi connectivity index (χ1n) is 15.9. The molecule has 2 aliphatic rings. The summed E-state index contributed by atoms with van der Waals surface area (Å²) < 4.78 is 9.60. The molecule has 9 nitrogen and oxygen atoms in total. The molecule has 3 aromatic heterocycles. The van der Waals surface area contributed by atoms with Crippen LogP contribution in [0.4, 0.5) is 5.82 Å². The molecule has 230 valence electrons. The number of hydrogen-bond donors (Lipinski definition) is 1. The monoisotopic (exact) mass is 612 g/mol. The summed E-state index contributed by atoms with van der Waals surface area (Å²) in [7, 11) is 1.78. The third-order valence-electron chi connectivity index (χ3n) is 9.62. The van der Waals surface area contributed by atoms with Crippen LogP contribution in [0.15, 0.2) is 61.1 Å². The molecule has 0 radical (unpaired) electrons. The predicted octanol–water partition coefficient (Wildman–Crippen LogP) is 5.87. The highest BCUT2D eigenvalue weighted by atomic mass is 35.5. The predicted molar refractivity (Wildman–Crippen MR) is 177 cm³/mol. The van der Waals surface area contributed by atoms with Gasteiger partial charge in [0.1, 0.15) is 17.8 Å². The largest absolute Gasteiger partial charge is 0.385 e. The van der Waals surface area contributed by atoms with Crippen molar-refractivity contribution < 1.29 is 4.74 Å². The fourth-order valence-electron chi connectivity index (χ4n) is 7.20. The second-order valence-corrected chi connectivity index (χ2v) is 12.7. The number of nitrogen functional groups attached to an aromatic ring is 1. The van der Waals surface area contributed by atoms with Gasteiger partial charge in [0.25, 0.3) is 0 Å². The van der Waals surface area contributed by atoms with E-state index < -0.39 is 0 Å². The molecule has 4 heterocycles. The molecule has 0 bridgehead atoms. The van der Waals surface area contributed by atoms with Crippen molar-refractivity contribution in [1.82, 2.24) is 34.1 Å². The van der Waals surface area contributed by atoms with Crippen molar-refractivity contribution in [3.63, 3.8) is 0 Å². The maximum absolute atomic E-state index is 6.48. The van der Waals surface area contributed by atoms with Crippen molar-refractivity contribution in [1.29, 1.82) is 0 Å². The van der Waals surface area contributed by atoms with Crippen LogP contribution >= 0.6 is 11.6 Å². The fraction of sp³-hybridized carbons (Fsp3) is 0.441. The Morgan fingerprint density at radius 2 is 1.75 bits per heavy atom. The number of nitrogens with zero attached hydrogens (tertiary/aromatic N) is 7. The topological polar surface area (TPSA) is 90.3 Å². The molecule has 0 atom stereocenters. The highest BCUT2D eigenvalue weighted by Crippen LogP contribution is 2.38. The van der Waals surface area contributed by atoms with E-state index in [0.717, 1.165) is 102 Å². The Bertz CT molecular complexity index is 1730. The highest BCUT2D eigenvalue weighted by molar-refractivity contribution is 6.31. The van der Waals surface area contributed by atoms with Crippen LogP contribution < -0.4 is 5.73 Å². The molecule has 2 fully saturated rings. The molecule has 0 unspecified atom stereocenters. The van der Waals surface area contributed by atoms with Crippen LogP contribution in [0.2, 0.25) is 5.02 Å². The first-order valence-corrected chi connectivity index (χ1v) is 16.2. The molecule has 1 aliphatic heterocycles. The van der Waals surface area contributed by atoms with Crippen molar-refractivity contribution in [2.45, 2.75) is 50.7 Å². The number of benzene rings is 2. The molecule has 0 amide bonds. The zero-order valence-electron chi connectivity index (χ0n) is 25.4. The number of aromatic nitrogens is 5. The Labute approximate surface area is 263 Å². The van der Waals surface area contributed by atoms with Gasteiger partial charge in [0.05, 0.1) is 11.4 Å². The summed E-state index contributed by atoms with van der Waals surface area (Å²) in [6, 6.07) is 17.6. The summed E-state index contributed by atoms with van der Waals surface area (Å²) in [5.41, 5.74) is 11.4. The van der Waals surface area contributed by atoms with E-state index in [0.29, 0.717) is 24.4 Å². The van der Waals surface area contributed by atoms with Gasteiger partial charge in [0, 0.05) is 86.7 Å². The molecular formula is C34H41ClN8O. The van der Waals surface area contributed by atoms with Gasteiger partial charge in [-0.25, -0.2) is 14.6 Å². The average Bonchev–Trinajstić information content (AvgIpc) is 3.65. The lowest BCUT2D eigenvalue weighted by Gasteiger charge is -2.42. The summed E-state index contributed by atoms with van der Waals surface area (Å²) in [5, 5.41) is 7.97. The lowest BCUT2D eigenvalue weighted by Crippen LogP contribution is -2.51. The first kappa shape index (κ1) is 29.2. The molecule has 1 aliphatic carbocycles. The van der Waals surface area contributed by atoms with Crippen LogP contribution in [0.5, 0.6) is 0 Å². The summed E-state index contributed by atoms with van der Waals surface area (Å²) in [4.78, 5) is 14.3. The molecule has 2 N–H and O–H groups in total. The van der Waals surface area contributed by atoms with Crippen molar-refractivity contribution in [2.75, 3.05) is 52.2 Å². The minimum absolute atomic E-state index is 0.299. The van der Waals surface area contributed by atoms with E-state index in [4.69, 9.17) is 32.2 Å². The molecule has 5 aromatic rings. The van der Waals surface area contributed by atoms with Crippen molar-refractivity contribution in [3.8, 4) is 11.3 Å². The minimum atomic E-state index is 0.299. The number of rotatable bonds is 9. The van der Waals surface area contributed by atoms with Gasteiger partial charge < -0.3 is 19.9 Å². The number of nitrogens with two attached hydrogens (primary N) is 1. The molecular weight excluding hydrogens is 572 g/mol. The Kier molecular flexibility index (Phi) is 8.53. The Morgan fingerprint density at radius 3 is 2.55 bits per heavy atom. The normalized spacial score (nSPS) is 20.1. The highest BCUT2D eigenvalue weighted by Gasteiger charge is 2.31. The second-order valence-electron chi connectivity index (χ2n) is 12.2. The fourth-order valence-corrected chi connectivity index (χ4v) is 7.40. The van der Waals surface area contributed by atoms with E-state index in [1.807, 2.05) is 18.2 Å². The maximum Gasteiger partial charge on any atom is 0.164 e. The van der Waals surface area contributed by atoms with Crippen LogP contribution in [0.25, 0.3) is 33.2 Å². The van der Waals surface area contributed by atoms with Crippen LogP contribution in [0.3, 0.4) is 0 Å². The Morgan fingerprint density at radius 1 is 0.955 bits per heavy atom. The van der Waals surface area contributed by atoms with Gasteiger partial charge in [-0.05, 0) is 61.9 Å². The molecule has 44 heavy (non-hydrogen) atoms. The summed E-state index contributed by atoms with van der Waals surface area (Å²) in [6.07, 6.45) is 9.32. The molecule has 10 heteroatoms. The lowest BCUT2D eigenvalue weighted by molar-refractivity contribution is 0.0662. The Hall–Kier alpha value is -3.50. The quantitative estimate of drug-likeness (QED) is 0.208. The average molecular weight is 613 g/mol. The maximum atomic E-state index is 6.48. The van der Waals surface area contributed by atoms with Gasteiger partial charge in [-0.15, -0.1) is 0 Å². The van der Waals surface area contributed by atoms with Gasteiger partial charge in [0.15, 0.2) is 5.65 Å². The van der Waals surface area contributed by atoms with Crippen LogP contribution in [0, 0.1) is 0 Å². The first-order chi connectivity index (χ1) is 21.6. The lowest BCUT2D eigenvalue weighted by atomic mass is 9.90. The van der Waals surface area contributed by atoms with Gasteiger partial charge >= 0.3 is 0 Å². The van der Waals surface area contributed by atoms with Crippen LogP contribution in [-0.2, 0) is 11.3 Å². The van der Waals surface area contributed by atoms with E-state index >= 15 is 0 Å². The zero-order chi connectivity index (χ0) is 30.0. The number of anilines is 1. The van der Waals surface area contributed by atoms with E-state index in [1.54, 1.807) is 13.4 Å². The molecule has 0 spiro atoms. The second kappa shape index (κ2) is 12.9. The molecule has 2 aromatic carbocycles. The summed E-state index contributed by atoms with van der Waals surface area (Å²) in [6.45, 7) is 7.31. The van der Waals surface area contributed by atoms with E-state index in [2.05, 4.69) is 60.6 Å². The van der Waals surface area contributed by atoms with Gasteiger partial charge in [-0.3, -0.25) is 4.90 Å². The van der Waals surface area contributed by atoms with E-state index in [1.165, 1.54) is 12.8 Å². The number of methoxy groups -OCH3 is 1. The van der Waals surface area contributed by atoms with E-state index in [9.17, 15) is 0 Å². The van der Waals surface area contributed by atoms with Crippen LogP contribution in [0.1, 0.15) is 43.7 Å². The number of hydrogen-bond acceptors (Lipinski definition) is 7. The van der Waals surface area contributed by atoms with Crippen LogP contribution in [-0.4, -0.2) is 86.6 Å². The minimum Gasteiger partial charge on any atom is -0.385 e. The van der Waals surface area contributed by atoms with Crippen molar-refractivity contribution in [3.05, 3.63) is 71.6 Å². The summed E-state index contributed by atoms with van der Waals surface area (Å²) >= 11 is 6.45. The summed E-state index contributed by atoms with van der Waals surface area (Å²) in [5.74, 6) is 0.477. The number of ether oxygens (including phenoxy) is 1. The third kappa shape index (κ3) is 5.81. The third-order valence-corrected chi connectivity index (χ3v) is 9.99. The van der Waals surface area contributed by atoms with Gasteiger partial charge in [-0.2, -0.15) is 5.10 Å².